The largest absolute Gasteiger partial charge is 0.439 e. The Bertz CT molecular complexity index is 1890. The highest BCUT2D eigenvalue weighted by atomic mass is 32.2. The lowest BCUT2D eigenvalue weighted by Crippen LogP contribution is -2.39. The Kier molecular flexibility index (Phi) is 8.61. The van der Waals surface area contributed by atoms with Gasteiger partial charge in [0.15, 0.2) is 11.6 Å². The molecule has 0 spiro atoms. The molecule has 230 valence electrons. The Labute approximate surface area is 253 Å². The summed E-state index contributed by atoms with van der Waals surface area (Å²) < 4.78 is 81.0. The Hall–Kier alpha value is -3.63. The molecule has 43 heavy (non-hydrogen) atoms. The van der Waals surface area contributed by atoms with Gasteiger partial charge >= 0.3 is 16.0 Å². The molecular weight excluding hydrogens is 592 g/mol. The molecule has 0 bridgehead atoms. The molecule has 0 atom stereocenters. The van der Waals surface area contributed by atoms with E-state index in [9.17, 15) is 25.9 Å². The number of hydrogen-bond acceptors (Lipinski definition) is 7. The molecular formula is C31H37N2O8S2+. The van der Waals surface area contributed by atoms with Gasteiger partial charge in [-0.05, 0) is 67.0 Å². The molecule has 0 aliphatic carbocycles. The molecule has 10 nitrogen and oxygen atoms in total. The summed E-state index contributed by atoms with van der Waals surface area (Å²) in [4.78, 5) is 1.38. The zero-order valence-corrected chi connectivity index (χ0v) is 26.7. The first kappa shape index (κ1) is 32.3. The van der Waals surface area contributed by atoms with Crippen LogP contribution in [-0.2, 0) is 36.9 Å². The van der Waals surface area contributed by atoms with Gasteiger partial charge in [0, 0.05) is 12.1 Å². The number of fused-ring (bicyclic) bond motifs is 2. The van der Waals surface area contributed by atoms with E-state index in [0.29, 0.717) is 34.5 Å². The summed E-state index contributed by atoms with van der Waals surface area (Å²) in [7, 11) is -8.92. The van der Waals surface area contributed by atoms with Crippen LogP contribution in [0.1, 0.15) is 71.4 Å². The predicted molar refractivity (Wildman–Crippen MR) is 165 cm³/mol. The van der Waals surface area contributed by atoms with Crippen LogP contribution in [0, 0.1) is 12.3 Å². The molecule has 1 aliphatic heterocycles. The minimum absolute atomic E-state index is 0.126. The summed E-state index contributed by atoms with van der Waals surface area (Å²) in [6.07, 6.45) is 10.2. The first-order valence-electron chi connectivity index (χ1n) is 13.7. The van der Waals surface area contributed by atoms with E-state index in [4.69, 9.17) is 15.6 Å². The molecule has 2 N–H and O–H groups in total. The number of ether oxygens (including phenoxy) is 1. The third-order valence-electron chi connectivity index (χ3n) is 7.82. The zero-order chi connectivity index (χ0) is 32.0. The van der Waals surface area contributed by atoms with Crippen LogP contribution in [0.2, 0.25) is 0 Å². The molecule has 0 fully saturated rings. The molecule has 1 aromatic heterocycles. The minimum Gasteiger partial charge on any atom is -0.439 e. The van der Waals surface area contributed by atoms with Gasteiger partial charge in [0.25, 0.3) is 21.5 Å². The molecule has 1 aliphatic rings. The molecule has 2 aromatic carbocycles. The number of terminal acetylenes is 1. The Morgan fingerprint density at radius 2 is 1.70 bits per heavy atom. The van der Waals surface area contributed by atoms with Crippen molar-refractivity contribution in [3.63, 3.8) is 0 Å². The lowest BCUT2D eigenvalue weighted by atomic mass is 9.82. The average Bonchev–Trinajstić information content (AvgIpc) is 3.42. The lowest BCUT2D eigenvalue weighted by Gasteiger charge is -2.24. The van der Waals surface area contributed by atoms with E-state index in [1.165, 1.54) is 9.47 Å². The molecule has 12 heteroatoms. The highest BCUT2D eigenvalue weighted by molar-refractivity contribution is 7.85. The lowest BCUT2D eigenvalue weighted by molar-refractivity contribution is -0.658. The van der Waals surface area contributed by atoms with Gasteiger partial charge in [0.05, 0.1) is 17.2 Å². The average molecular weight is 630 g/mol. The van der Waals surface area contributed by atoms with Crippen LogP contribution in [0.3, 0.4) is 0 Å². The summed E-state index contributed by atoms with van der Waals surface area (Å²) in [6.45, 7) is 11.8. The number of aromatic nitrogens is 1. The second-order valence-electron chi connectivity index (χ2n) is 11.7. The topological polar surface area (TPSA) is 138 Å². The van der Waals surface area contributed by atoms with Gasteiger partial charge in [0.2, 0.25) is 11.5 Å². The van der Waals surface area contributed by atoms with E-state index in [2.05, 4.69) is 26.7 Å². The van der Waals surface area contributed by atoms with Crippen molar-refractivity contribution in [3.8, 4) is 18.1 Å². The number of allylic oxidation sites excluding steroid dienone is 2. The maximum Gasteiger partial charge on any atom is 0.375 e. The summed E-state index contributed by atoms with van der Waals surface area (Å²) in [5.74, 6) is 1.91. The van der Waals surface area contributed by atoms with Crippen LogP contribution < -0.4 is 14.2 Å². The summed E-state index contributed by atoms with van der Waals surface area (Å²) in [5, 5.41) is 0. The predicted octanol–water partition coefficient (Wildman–Crippen LogP) is 5.54. The van der Waals surface area contributed by atoms with Crippen molar-refractivity contribution in [2.45, 2.75) is 71.1 Å². The number of benzene rings is 2. The van der Waals surface area contributed by atoms with Gasteiger partial charge in [-0.2, -0.15) is 16.8 Å². The minimum atomic E-state index is -4.47. The van der Waals surface area contributed by atoms with E-state index in [1.807, 2.05) is 32.9 Å². The van der Waals surface area contributed by atoms with Crippen molar-refractivity contribution in [2.75, 3.05) is 10.8 Å². The summed E-state index contributed by atoms with van der Waals surface area (Å²) >= 11 is 0. The third kappa shape index (κ3) is 7.13. The van der Waals surface area contributed by atoms with Crippen LogP contribution in [0.15, 0.2) is 58.3 Å². The Morgan fingerprint density at radius 1 is 1.02 bits per heavy atom. The summed E-state index contributed by atoms with van der Waals surface area (Å²) in [6, 6.07) is 10.8. The first-order chi connectivity index (χ1) is 19.9. The van der Waals surface area contributed by atoms with E-state index in [-0.39, 0.29) is 17.2 Å². The van der Waals surface area contributed by atoms with Crippen molar-refractivity contribution in [3.05, 3.63) is 70.9 Å². The van der Waals surface area contributed by atoms with Crippen molar-refractivity contribution in [1.82, 2.24) is 0 Å². The third-order valence-corrected chi connectivity index (χ3v) is 8.99. The van der Waals surface area contributed by atoms with Gasteiger partial charge in [-0.15, -0.1) is 11.0 Å². The molecule has 0 amide bonds. The van der Waals surface area contributed by atoms with Gasteiger partial charge in [-0.3, -0.25) is 14.0 Å². The van der Waals surface area contributed by atoms with Crippen LogP contribution in [0.5, 0.6) is 5.75 Å². The summed E-state index contributed by atoms with van der Waals surface area (Å²) in [5.41, 5.74) is 2.77. The van der Waals surface area contributed by atoms with Crippen molar-refractivity contribution in [2.24, 2.45) is 0 Å². The molecule has 3 aromatic rings. The fourth-order valence-electron chi connectivity index (χ4n) is 4.67. The monoisotopic (exact) mass is 629 g/mol. The number of anilines is 1. The highest BCUT2D eigenvalue weighted by Crippen LogP contribution is 2.43. The van der Waals surface area contributed by atoms with Gasteiger partial charge < -0.3 is 9.15 Å². The number of nitrogens with zero attached hydrogens (tertiary/aromatic N) is 2. The quantitative estimate of drug-likeness (QED) is 0.168. The zero-order valence-electron chi connectivity index (χ0n) is 25.1. The number of hydrogen-bond donors (Lipinski definition) is 2. The van der Waals surface area contributed by atoms with Gasteiger partial charge in [-0.1, -0.05) is 45.7 Å². The van der Waals surface area contributed by atoms with E-state index in [0.717, 1.165) is 17.5 Å². The Balaban J connectivity index is 1.86. The fourth-order valence-corrected chi connectivity index (χ4v) is 5.85. The van der Waals surface area contributed by atoms with Crippen molar-refractivity contribution >= 4 is 43.1 Å². The Morgan fingerprint density at radius 3 is 2.28 bits per heavy atom. The van der Waals surface area contributed by atoms with E-state index >= 15 is 0 Å². The van der Waals surface area contributed by atoms with Crippen molar-refractivity contribution in [1.29, 1.82) is 0 Å². The van der Waals surface area contributed by atoms with Crippen LogP contribution in [0.4, 0.5) is 5.69 Å². The molecule has 0 saturated carbocycles. The van der Waals surface area contributed by atoms with Crippen molar-refractivity contribution < 1.29 is 39.7 Å². The number of oxazole rings is 1. The molecule has 0 unspecified atom stereocenters. The van der Waals surface area contributed by atoms with E-state index < -0.39 is 37.4 Å². The van der Waals surface area contributed by atoms with E-state index in [1.54, 1.807) is 36.4 Å². The second kappa shape index (κ2) is 11.5. The molecule has 4 rings (SSSR count). The van der Waals surface area contributed by atoms with Crippen LogP contribution in [-0.4, -0.2) is 31.8 Å². The number of rotatable bonds is 10. The SMILES string of the molecule is C#CC(C)(C)c1ccc2oc(C=C(C=C3Oc4ccc(C(C)(C)CC)cc4N3CS(=O)(=O)O)CC)[n+](CS(=O)(=O)O)c2c1. The van der Waals surface area contributed by atoms with Gasteiger partial charge in [0.1, 0.15) is 0 Å². The molecule has 2 heterocycles. The molecule has 0 saturated heterocycles. The fraction of sp³-hybridized carbons (Fsp3) is 0.387. The second-order valence-corrected chi connectivity index (χ2v) is 14.6. The standard InChI is InChI=1S/C31H36N2O8S2/c1-8-21(15-28-32(19-42(34,35)36)24-17-22(30(4,5)9-2)11-13-26(24)40-28)16-29-33(20-43(37,38)39)25-18-23(31(6,7)10-3)12-14-27(25)41-29/h2,11-18H,8,10,19-20H2,1,3-7H3,(H-,34,35,36,37,38,39)/p+1. The van der Waals surface area contributed by atoms with Crippen LogP contribution in [0.25, 0.3) is 17.2 Å². The van der Waals surface area contributed by atoms with Gasteiger partial charge in [-0.25, -0.2) is 0 Å². The first-order valence-corrected chi connectivity index (χ1v) is 17.0. The maximum atomic E-state index is 12.0. The highest BCUT2D eigenvalue weighted by Gasteiger charge is 2.33. The van der Waals surface area contributed by atoms with Crippen LogP contribution >= 0.6 is 0 Å². The maximum absolute atomic E-state index is 12.0. The smallest absolute Gasteiger partial charge is 0.375 e. The normalized spacial score (nSPS) is 15.6. The molecule has 0 radical (unpaired) electrons.